The van der Waals surface area contributed by atoms with Crippen molar-refractivity contribution in [3.05, 3.63) is 46.2 Å². The van der Waals surface area contributed by atoms with E-state index in [1.807, 2.05) is 0 Å². The van der Waals surface area contributed by atoms with E-state index in [-0.39, 0.29) is 5.69 Å². The van der Waals surface area contributed by atoms with Crippen LogP contribution in [0.25, 0.3) is 0 Å². The molecule has 7 nitrogen and oxygen atoms in total. The molecule has 0 spiro atoms. The van der Waals surface area contributed by atoms with Crippen LogP contribution in [0, 0.1) is 17.0 Å². The molecule has 0 bridgehead atoms. The molecule has 0 radical (unpaired) electrons. The highest BCUT2D eigenvalue weighted by Crippen LogP contribution is 2.25. The molecule has 0 aromatic carbocycles. The highest BCUT2D eigenvalue weighted by molar-refractivity contribution is 5.59. The zero-order valence-electron chi connectivity index (χ0n) is 10.6. The number of aryl methyl sites for hydroxylation is 2. The summed E-state index contributed by atoms with van der Waals surface area (Å²) in [5, 5.41) is 14.0. The molecule has 0 aliphatic carbocycles. The maximum absolute atomic E-state index is 11.0. The average molecular weight is 261 g/mol. The fraction of sp³-hybridized carbons (Fsp3) is 0.333. The Bertz CT molecular complexity index is 553. The number of nitrogens with one attached hydrogen (secondary N) is 2. The van der Waals surface area contributed by atoms with Crippen LogP contribution in [0.4, 0.5) is 11.5 Å². The van der Waals surface area contributed by atoms with Crippen molar-refractivity contribution in [1.29, 1.82) is 0 Å². The van der Waals surface area contributed by atoms with Crippen LogP contribution >= 0.6 is 0 Å². The summed E-state index contributed by atoms with van der Waals surface area (Å²) < 4.78 is 0. The van der Waals surface area contributed by atoms with Gasteiger partial charge in [0.15, 0.2) is 0 Å². The number of nitrogens with zero attached hydrogens (tertiary/aromatic N) is 3. The highest BCUT2D eigenvalue weighted by Gasteiger charge is 2.17. The number of imidazole rings is 1. The first-order valence-corrected chi connectivity index (χ1v) is 6.00. The average Bonchev–Trinajstić information content (AvgIpc) is 2.87. The van der Waals surface area contributed by atoms with E-state index in [0.29, 0.717) is 17.9 Å². The fourth-order valence-electron chi connectivity index (χ4n) is 1.81. The predicted octanol–water partition coefficient (Wildman–Crippen LogP) is 2.07. The maximum Gasteiger partial charge on any atom is 0.314 e. The van der Waals surface area contributed by atoms with Gasteiger partial charge >= 0.3 is 5.69 Å². The molecular weight excluding hydrogens is 246 g/mol. The number of hydrogen-bond acceptors (Lipinski definition) is 5. The van der Waals surface area contributed by atoms with E-state index in [1.54, 1.807) is 31.6 Å². The summed E-state index contributed by atoms with van der Waals surface area (Å²) in [4.78, 5) is 21.7. The lowest BCUT2D eigenvalue weighted by atomic mass is 10.2. The Hall–Kier alpha value is -2.44. The van der Waals surface area contributed by atoms with Crippen LogP contribution in [-0.2, 0) is 6.42 Å². The van der Waals surface area contributed by atoms with Crippen LogP contribution < -0.4 is 5.32 Å². The van der Waals surface area contributed by atoms with Crippen LogP contribution in [0.15, 0.2) is 24.7 Å². The number of nitro groups is 1. The monoisotopic (exact) mass is 261 g/mol. The number of anilines is 1. The van der Waals surface area contributed by atoms with Crippen LogP contribution in [-0.4, -0.2) is 26.4 Å². The molecule has 7 heteroatoms. The van der Waals surface area contributed by atoms with E-state index in [0.717, 1.165) is 18.7 Å². The molecule has 2 aromatic rings. The number of aromatic nitrogens is 3. The van der Waals surface area contributed by atoms with Crippen molar-refractivity contribution in [2.45, 2.75) is 19.8 Å². The number of H-pyrrole nitrogens is 1. The summed E-state index contributed by atoms with van der Waals surface area (Å²) in [5.41, 5.74) is 0.647. The van der Waals surface area contributed by atoms with Gasteiger partial charge in [0.05, 0.1) is 4.92 Å². The molecule has 0 aliphatic heterocycles. The van der Waals surface area contributed by atoms with Crippen LogP contribution in [0.5, 0.6) is 0 Å². The third kappa shape index (κ3) is 3.27. The summed E-state index contributed by atoms with van der Waals surface area (Å²) in [7, 11) is 0. The molecule has 0 saturated heterocycles. The molecule has 2 aromatic heterocycles. The van der Waals surface area contributed by atoms with Gasteiger partial charge in [0.25, 0.3) is 0 Å². The van der Waals surface area contributed by atoms with Gasteiger partial charge in [0, 0.05) is 37.1 Å². The molecule has 100 valence electrons. The third-order valence-corrected chi connectivity index (χ3v) is 2.75. The lowest BCUT2D eigenvalue weighted by molar-refractivity contribution is -0.384. The summed E-state index contributed by atoms with van der Waals surface area (Å²) in [5.74, 6) is 1.23. The first-order valence-electron chi connectivity index (χ1n) is 6.00. The van der Waals surface area contributed by atoms with Gasteiger partial charge < -0.3 is 10.3 Å². The van der Waals surface area contributed by atoms with Gasteiger partial charge in [-0.15, -0.1) is 0 Å². The molecule has 19 heavy (non-hydrogen) atoms. The highest BCUT2D eigenvalue weighted by atomic mass is 16.6. The number of rotatable bonds is 6. The largest absolute Gasteiger partial charge is 0.364 e. The number of hydrogen-bond donors (Lipinski definition) is 2. The van der Waals surface area contributed by atoms with Gasteiger partial charge in [0.2, 0.25) is 5.82 Å². The van der Waals surface area contributed by atoms with Crippen LogP contribution in [0.3, 0.4) is 0 Å². The van der Waals surface area contributed by atoms with Crippen molar-refractivity contribution in [3.63, 3.8) is 0 Å². The molecule has 0 unspecified atom stereocenters. The van der Waals surface area contributed by atoms with Gasteiger partial charge in [-0.2, -0.15) is 0 Å². The quantitative estimate of drug-likeness (QED) is 0.471. The van der Waals surface area contributed by atoms with Crippen molar-refractivity contribution in [2.24, 2.45) is 0 Å². The topological polar surface area (TPSA) is 96.7 Å². The second kappa shape index (κ2) is 5.94. The lowest BCUT2D eigenvalue weighted by Gasteiger charge is -2.06. The van der Waals surface area contributed by atoms with E-state index in [4.69, 9.17) is 0 Å². The van der Waals surface area contributed by atoms with Crippen molar-refractivity contribution in [3.8, 4) is 0 Å². The fourth-order valence-corrected chi connectivity index (χ4v) is 1.81. The van der Waals surface area contributed by atoms with Gasteiger partial charge in [0.1, 0.15) is 5.82 Å². The first kappa shape index (κ1) is 13.0. The Balaban J connectivity index is 1.92. The standard InChI is InChI=1S/C12H15N5O2/c1-9-4-6-16-12(11(9)17(18)19)15-5-2-3-10-13-7-8-14-10/h4,6-8H,2-3,5H2,1H3,(H,13,14)(H,15,16). The molecule has 0 saturated carbocycles. The van der Waals surface area contributed by atoms with Crippen molar-refractivity contribution < 1.29 is 4.92 Å². The Labute approximate surface area is 110 Å². The lowest BCUT2D eigenvalue weighted by Crippen LogP contribution is -2.08. The van der Waals surface area contributed by atoms with Gasteiger partial charge in [-0.3, -0.25) is 10.1 Å². The van der Waals surface area contributed by atoms with Crippen LogP contribution in [0.1, 0.15) is 17.8 Å². The van der Waals surface area contributed by atoms with E-state index in [2.05, 4.69) is 20.3 Å². The minimum absolute atomic E-state index is 0.0421. The Morgan fingerprint density at radius 3 is 2.95 bits per heavy atom. The molecular formula is C12H15N5O2. The number of pyridine rings is 1. The van der Waals surface area contributed by atoms with Crippen molar-refractivity contribution in [1.82, 2.24) is 15.0 Å². The Morgan fingerprint density at radius 2 is 2.26 bits per heavy atom. The summed E-state index contributed by atoms with van der Waals surface area (Å²) in [6.07, 6.45) is 6.66. The van der Waals surface area contributed by atoms with E-state index >= 15 is 0 Å². The van der Waals surface area contributed by atoms with E-state index in [9.17, 15) is 10.1 Å². The Morgan fingerprint density at radius 1 is 1.42 bits per heavy atom. The summed E-state index contributed by atoms with van der Waals surface area (Å²) in [6.45, 7) is 2.31. The molecule has 0 fully saturated rings. The minimum atomic E-state index is -0.406. The SMILES string of the molecule is Cc1ccnc(NCCCc2ncc[nH]2)c1[N+](=O)[O-]. The van der Waals surface area contributed by atoms with Gasteiger partial charge in [-0.25, -0.2) is 9.97 Å². The summed E-state index contributed by atoms with van der Waals surface area (Å²) in [6, 6.07) is 1.63. The van der Waals surface area contributed by atoms with E-state index in [1.165, 1.54) is 0 Å². The molecule has 2 rings (SSSR count). The number of aromatic amines is 1. The molecule has 2 heterocycles. The first-order chi connectivity index (χ1) is 9.18. The van der Waals surface area contributed by atoms with E-state index < -0.39 is 4.92 Å². The third-order valence-electron chi connectivity index (χ3n) is 2.75. The second-order valence-corrected chi connectivity index (χ2v) is 4.15. The molecule has 0 atom stereocenters. The van der Waals surface area contributed by atoms with Crippen molar-refractivity contribution >= 4 is 11.5 Å². The molecule has 0 aliphatic rings. The summed E-state index contributed by atoms with van der Waals surface area (Å²) >= 11 is 0. The van der Waals surface area contributed by atoms with Crippen LogP contribution in [0.2, 0.25) is 0 Å². The zero-order chi connectivity index (χ0) is 13.7. The smallest absolute Gasteiger partial charge is 0.314 e. The predicted molar refractivity (Wildman–Crippen MR) is 71.0 cm³/mol. The van der Waals surface area contributed by atoms with Gasteiger partial charge in [-0.1, -0.05) is 0 Å². The minimum Gasteiger partial charge on any atom is -0.364 e. The van der Waals surface area contributed by atoms with Gasteiger partial charge in [-0.05, 0) is 19.4 Å². The molecule has 2 N–H and O–H groups in total. The normalized spacial score (nSPS) is 10.4. The second-order valence-electron chi connectivity index (χ2n) is 4.15. The zero-order valence-corrected chi connectivity index (χ0v) is 10.6. The van der Waals surface area contributed by atoms with Crippen molar-refractivity contribution in [2.75, 3.05) is 11.9 Å². The Kier molecular flexibility index (Phi) is 4.07. The molecule has 0 amide bonds. The maximum atomic E-state index is 11.0.